The normalized spacial score (nSPS) is 14.1. The van der Waals surface area contributed by atoms with E-state index in [1.807, 2.05) is 6.08 Å². The Bertz CT molecular complexity index is 104. The lowest BCUT2D eigenvalue weighted by atomic mass is 10.2. The van der Waals surface area contributed by atoms with Crippen LogP contribution in [0.4, 0.5) is 0 Å². The van der Waals surface area contributed by atoms with E-state index in [9.17, 15) is 0 Å². The van der Waals surface area contributed by atoms with Gasteiger partial charge in [0.15, 0.2) is 0 Å². The molecule has 11 heavy (non-hydrogen) atoms. The summed E-state index contributed by atoms with van der Waals surface area (Å²) in [5.74, 6) is 0. The average Bonchev–Trinajstić information content (AvgIpc) is 1.99. The Morgan fingerprint density at radius 1 is 1.45 bits per heavy atom. The van der Waals surface area contributed by atoms with E-state index in [2.05, 4.69) is 18.3 Å². The maximum atomic E-state index is 9.04. The highest BCUT2D eigenvalue weighted by molar-refractivity contribution is 4.80. The zero-order valence-electron chi connectivity index (χ0n) is 6.95. The number of hydrogen-bond donors (Lipinski definition) is 3. The smallest absolute Gasteiger partial charge is 0.106 e. The summed E-state index contributed by atoms with van der Waals surface area (Å²) in [6.07, 6.45) is 6.04. The van der Waals surface area contributed by atoms with Crippen LogP contribution in [-0.4, -0.2) is 23.2 Å². The predicted molar refractivity (Wildman–Crippen MR) is 44.9 cm³/mol. The van der Waals surface area contributed by atoms with E-state index in [0.29, 0.717) is 6.42 Å². The van der Waals surface area contributed by atoms with Gasteiger partial charge in [0.2, 0.25) is 0 Å². The number of allylic oxidation sites excluding steroid dienone is 2. The van der Waals surface area contributed by atoms with Crippen LogP contribution in [-0.2, 0) is 0 Å². The Labute approximate surface area is 67.7 Å². The molecular weight excluding hydrogens is 142 g/mol. The van der Waals surface area contributed by atoms with Crippen LogP contribution in [0.25, 0.3) is 0 Å². The Balaban J connectivity index is 3.16. The second kappa shape index (κ2) is 7.72. The van der Waals surface area contributed by atoms with Crippen LogP contribution in [0.15, 0.2) is 12.2 Å². The molecule has 0 aromatic carbocycles. The van der Waals surface area contributed by atoms with Crippen molar-refractivity contribution < 1.29 is 10.2 Å². The number of hydrogen-bond acceptors (Lipinski definition) is 3. The van der Waals surface area contributed by atoms with Crippen molar-refractivity contribution in [3.8, 4) is 0 Å². The van der Waals surface area contributed by atoms with Gasteiger partial charge < -0.3 is 10.2 Å². The van der Waals surface area contributed by atoms with Gasteiger partial charge in [0.25, 0.3) is 0 Å². The molecule has 1 atom stereocenters. The van der Waals surface area contributed by atoms with Crippen LogP contribution < -0.4 is 5.32 Å². The van der Waals surface area contributed by atoms with Gasteiger partial charge in [-0.05, 0) is 19.3 Å². The van der Waals surface area contributed by atoms with Gasteiger partial charge in [0.1, 0.15) is 6.23 Å². The van der Waals surface area contributed by atoms with Gasteiger partial charge >= 0.3 is 0 Å². The SMILES string of the molecule is CC/C=C\CC[C@@H](O)NCO. The topological polar surface area (TPSA) is 52.5 Å². The largest absolute Gasteiger partial charge is 0.381 e. The third kappa shape index (κ3) is 7.52. The summed E-state index contributed by atoms with van der Waals surface area (Å²) in [6, 6.07) is 0. The maximum Gasteiger partial charge on any atom is 0.106 e. The number of nitrogens with one attached hydrogen (secondary N) is 1. The second-order valence-electron chi connectivity index (χ2n) is 2.34. The summed E-state index contributed by atoms with van der Waals surface area (Å²) in [5.41, 5.74) is 0. The van der Waals surface area contributed by atoms with E-state index in [1.165, 1.54) is 0 Å². The monoisotopic (exact) mass is 159 g/mol. The van der Waals surface area contributed by atoms with Crippen molar-refractivity contribution in [2.24, 2.45) is 0 Å². The highest BCUT2D eigenvalue weighted by Gasteiger charge is 1.97. The molecule has 0 spiro atoms. The molecule has 0 aliphatic rings. The molecule has 66 valence electrons. The molecule has 0 radical (unpaired) electrons. The van der Waals surface area contributed by atoms with Crippen molar-refractivity contribution in [1.82, 2.24) is 5.32 Å². The first kappa shape index (κ1) is 10.6. The van der Waals surface area contributed by atoms with Gasteiger partial charge in [0.05, 0.1) is 6.73 Å². The minimum absolute atomic E-state index is 0.168. The van der Waals surface area contributed by atoms with Crippen LogP contribution in [0.3, 0.4) is 0 Å². The fraction of sp³-hybridized carbons (Fsp3) is 0.750. The molecule has 0 amide bonds. The first-order valence-corrected chi connectivity index (χ1v) is 3.98. The third-order valence-corrected chi connectivity index (χ3v) is 1.34. The van der Waals surface area contributed by atoms with E-state index >= 15 is 0 Å². The van der Waals surface area contributed by atoms with Gasteiger partial charge in [-0.2, -0.15) is 0 Å². The molecule has 0 saturated carbocycles. The third-order valence-electron chi connectivity index (χ3n) is 1.34. The fourth-order valence-electron chi connectivity index (χ4n) is 0.746. The lowest BCUT2D eigenvalue weighted by Crippen LogP contribution is -2.28. The minimum atomic E-state index is -0.582. The first-order valence-electron chi connectivity index (χ1n) is 3.98. The summed E-state index contributed by atoms with van der Waals surface area (Å²) >= 11 is 0. The summed E-state index contributed by atoms with van der Waals surface area (Å²) in [5, 5.41) is 19.9. The van der Waals surface area contributed by atoms with Crippen molar-refractivity contribution in [2.75, 3.05) is 6.73 Å². The Hall–Kier alpha value is -0.380. The van der Waals surface area contributed by atoms with E-state index in [0.717, 1.165) is 12.8 Å². The van der Waals surface area contributed by atoms with Crippen molar-refractivity contribution >= 4 is 0 Å². The first-order chi connectivity index (χ1) is 5.31. The predicted octanol–water partition coefficient (Wildman–Crippen LogP) is 0.591. The molecular formula is C8H17NO2. The van der Waals surface area contributed by atoms with Crippen molar-refractivity contribution in [3.63, 3.8) is 0 Å². The number of rotatable bonds is 6. The molecule has 3 N–H and O–H groups in total. The van der Waals surface area contributed by atoms with Gasteiger partial charge in [-0.15, -0.1) is 0 Å². The standard InChI is InChI=1S/C8H17NO2/c1-2-3-4-5-6-8(11)9-7-10/h3-4,8-11H,2,5-7H2,1H3/b4-3-/t8-/m1/s1. The number of aliphatic hydroxyl groups excluding tert-OH is 2. The van der Waals surface area contributed by atoms with E-state index in [1.54, 1.807) is 0 Å². The molecule has 3 nitrogen and oxygen atoms in total. The molecule has 0 saturated heterocycles. The summed E-state index contributed by atoms with van der Waals surface area (Å²) in [4.78, 5) is 0. The zero-order chi connectivity index (χ0) is 8.53. The molecule has 0 aromatic rings. The lowest BCUT2D eigenvalue weighted by Gasteiger charge is -2.07. The highest BCUT2D eigenvalue weighted by Crippen LogP contribution is 1.95. The summed E-state index contributed by atoms with van der Waals surface area (Å²) in [7, 11) is 0. The fourth-order valence-corrected chi connectivity index (χ4v) is 0.746. The van der Waals surface area contributed by atoms with Crippen LogP contribution in [0.1, 0.15) is 26.2 Å². The number of aliphatic hydroxyl groups is 2. The quantitative estimate of drug-likeness (QED) is 0.393. The lowest BCUT2D eigenvalue weighted by molar-refractivity contribution is 0.0914. The second-order valence-corrected chi connectivity index (χ2v) is 2.34. The van der Waals surface area contributed by atoms with Crippen molar-refractivity contribution in [1.29, 1.82) is 0 Å². The molecule has 0 fully saturated rings. The molecule has 0 aliphatic carbocycles. The molecule has 0 unspecified atom stereocenters. The van der Waals surface area contributed by atoms with Crippen molar-refractivity contribution in [3.05, 3.63) is 12.2 Å². The molecule has 0 rings (SSSR count). The molecule has 0 aromatic heterocycles. The Morgan fingerprint density at radius 3 is 2.73 bits per heavy atom. The van der Waals surface area contributed by atoms with Crippen molar-refractivity contribution in [2.45, 2.75) is 32.4 Å². The Kier molecular flexibility index (Phi) is 7.46. The van der Waals surface area contributed by atoms with Crippen LogP contribution in [0, 0.1) is 0 Å². The van der Waals surface area contributed by atoms with E-state index < -0.39 is 6.23 Å². The van der Waals surface area contributed by atoms with E-state index in [-0.39, 0.29) is 6.73 Å². The minimum Gasteiger partial charge on any atom is -0.381 e. The van der Waals surface area contributed by atoms with Gasteiger partial charge in [-0.1, -0.05) is 19.1 Å². The summed E-state index contributed by atoms with van der Waals surface area (Å²) < 4.78 is 0. The van der Waals surface area contributed by atoms with Gasteiger partial charge in [-0.3, -0.25) is 5.32 Å². The molecule has 3 heteroatoms. The molecule has 0 heterocycles. The molecule has 0 bridgehead atoms. The van der Waals surface area contributed by atoms with Gasteiger partial charge in [0, 0.05) is 0 Å². The average molecular weight is 159 g/mol. The highest BCUT2D eigenvalue weighted by atomic mass is 16.3. The Morgan fingerprint density at radius 2 is 2.18 bits per heavy atom. The van der Waals surface area contributed by atoms with Crippen LogP contribution in [0.2, 0.25) is 0 Å². The molecule has 0 aliphatic heterocycles. The maximum absolute atomic E-state index is 9.04. The summed E-state index contributed by atoms with van der Waals surface area (Å²) in [6.45, 7) is 1.90. The van der Waals surface area contributed by atoms with Crippen LogP contribution in [0.5, 0.6) is 0 Å². The zero-order valence-corrected chi connectivity index (χ0v) is 6.95. The van der Waals surface area contributed by atoms with Gasteiger partial charge in [-0.25, -0.2) is 0 Å². The van der Waals surface area contributed by atoms with E-state index in [4.69, 9.17) is 10.2 Å². The van der Waals surface area contributed by atoms with Crippen LogP contribution >= 0.6 is 0 Å².